The summed E-state index contributed by atoms with van der Waals surface area (Å²) in [6, 6.07) is 9.87. The van der Waals surface area contributed by atoms with Crippen LogP contribution in [0.4, 0.5) is 0 Å². The maximum absolute atomic E-state index is 11.5. The quantitative estimate of drug-likeness (QED) is 0.759. The number of allylic oxidation sites excluding steroid dienone is 5. The topological polar surface area (TPSA) is 17.1 Å². The molecule has 0 spiro atoms. The summed E-state index contributed by atoms with van der Waals surface area (Å²) < 4.78 is 0. The molecule has 0 heterocycles. The lowest BCUT2D eigenvalue weighted by molar-refractivity contribution is -0.115. The number of carbonyl (C=O) groups excluding carboxylic acids is 1. The highest BCUT2D eigenvalue weighted by Gasteiger charge is 2.13. The first kappa shape index (κ1) is 10.9. The zero-order valence-electron chi connectivity index (χ0n) is 8.64. The Balaban J connectivity index is 2.13. The van der Waals surface area contributed by atoms with E-state index in [1.807, 2.05) is 42.5 Å². The first-order valence-electron chi connectivity index (χ1n) is 5.08. The SMILES string of the molecule is O=C1C=CC(Cl)=CC1C=Cc1ccccc1. The van der Waals surface area contributed by atoms with Crippen molar-refractivity contribution in [3.05, 3.63) is 65.2 Å². The Labute approximate surface area is 99.7 Å². The van der Waals surface area contributed by atoms with E-state index in [2.05, 4.69) is 0 Å². The Morgan fingerprint density at radius 2 is 1.88 bits per heavy atom. The van der Waals surface area contributed by atoms with E-state index in [-0.39, 0.29) is 11.7 Å². The molecule has 1 aliphatic carbocycles. The van der Waals surface area contributed by atoms with Crippen LogP contribution in [0.25, 0.3) is 6.08 Å². The van der Waals surface area contributed by atoms with Gasteiger partial charge in [0.2, 0.25) is 0 Å². The third-order valence-corrected chi connectivity index (χ3v) is 2.62. The van der Waals surface area contributed by atoms with Crippen LogP contribution in [0.1, 0.15) is 5.56 Å². The molecule has 0 bridgehead atoms. The highest BCUT2D eigenvalue weighted by molar-refractivity contribution is 6.32. The smallest absolute Gasteiger partial charge is 0.166 e. The van der Waals surface area contributed by atoms with Crippen LogP contribution in [0, 0.1) is 5.92 Å². The molecule has 0 N–H and O–H groups in total. The number of rotatable bonds is 2. The monoisotopic (exact) mass is 230 g/mol. The highest BCUT2D eigenvalue weighted by Crippen LogP contribution is 2.18. The Morgan fingerprint density at radius 1 is 1.12 bits per heavy atom. The van der Waals surface area contributed by atoms with Crippen LogP contribution in [0.2, 0.25) is 0 Å². The molecule has 0 aliphatic heterocycles. The van der Waals surface area contributed by atoms with E-state index in [1.165, 1.54) is 6.08 Å². The summed E-state index contributed by atoms with van der Waals surface area (Å²) in [5.74, 6) is -0.172. The fourth-order valence-corrected chi connectivity index (χ4v) is 1.71. The number of hydrogen-bond donors (Lipinski definition) is 0. The van der Waals surface area contributed by atoms with E-state index in [4.69, 9.17) is 11.6 Å². The fourth-order valence-electron chi connectivity index (χ4n) is 1.51. The van der Waals surface area contributed by atoms with E-state index in [0.29, 0.717) is 5.03 Å². The van der Waals surface area contributed by atoms with Gasteiger partial charge in [-0.05, 0) is 17.7 Å². The summed E-state index contributed by atoms with van der Waals surface area (Å²) in [6.07, 6.45) is 8.69. The van der Waals surface area contributed by atoms with Gasteiger partial charge < -0.3 is 0 Å². The van der Waals surface area contributed by atoms with Gasteiger partial charge in [0, 0.05) is 5.03 Å². The first-order valence-corrected chi connectivity index (χ1v) is 5.46. The van der Waals surface area contributed by atoms with Crippen LogP contribution in [0.3, 0.4) is 0 Å². The van der Waals surface area contributed by atoms with Gasteiger partial charge in [-0.25, -0.2) is 0 Å². The number of halogens is 1. The fraction of sp³-hybridized carbons (Fsp3) is 0.0714. The summed E-state index contributed by atoms with van der Waals surface area (Å²) >= 11 is 5.85. The number of ketones is 1. The molecule has 0 aromatic heterocycles. The van der Waals surface area contributed by atoms with Crippen LogP contribution >= 0.6 is 11.6 Å². The van der Waals surface area contributed by atoms with Gasteiger partial charge in [-0.2, -0.15) is 0 Å². The number of hydrogen-bond acceptors (Lipinski definition) is 1. The number of carbonyl (C=O) groups is 1. The minimum Gasteiger partial charge on any atom is -0.294 e. The van der Waals surface area contributed by atoms with E-state index >= 15 is 0 Å². The summed E-state index contributed by atoms with van der Waals surface area (Å²) in [5.41, 5.74) is 1.08. The molecule has 2 heteroatoms. The largest absolute Gasteiger partial charge is 0.294 e. The van der Waals surface area contributed by atoms with Crippen molar-refractivity contribution in [1.29, 1.82) is 0 Å². The predicted octanol–water partition coefficient (Wildman–Crippen LogP) is 3.58. The second-order valence-electron chi connectivity index (χ2n) is 3.58. The van der Waals surface area contributed by atoms with Gasteiger partial charge in [-0.3, -0.25) is 4.79 Å². The molecule has 16 heavy (non-hydrogen) atoms. The van der Waals surface area contributed by atoms with E-state index in [1.54, 1.807) is 12.2 Å². The Morgan fingerprint density at radius 3 is 2.62 bits per heavy atom. The van der Waals surface area contributed by atoms with Crippen LogP contribution in [0.5, 0.6) is 0 Å². The molecule has 0 amide bonds. The maximum Gasteiger partial charge on any atom is 0.166 e. The first-order chi connectivity index (χ1) is 7.75. The lowest BCUT2D eigenvalue weighted by Gasteiger charge is -2.08. The normalized spacial score (nSPS) is 20.2. The standard InChI is InChI=1S/C14H11ClO/c15-13-8-9-14(16)12(10-13)7-6-11-4-2-1-3-5-11/h1-10,12H. The molecule has 1 nitrogen and oxygen atoms in total. The van der Waals surface area contributed by atoms with Gasteiger partial charge in [-0.1, -0.05) is 60.2 Å². The van der Waals surface area contributed by atoms with Gasteiger partial charge in [0.1, 0.15) is 0 Å². The molecule has 1 aromatic rings. The molecular formula is C14H11ClO. The summed E-state index contributed by atoms with van der Waals surface area (Å²) in [6.45, 7) is 0. The molecule has 1 atom stereocenters. The number of benzene rings is 1. The lowest BCUT2D eigenvalue weighted by Crippen LogP contribution is -2.09. The highest BCUT2D eigenvalue weighted by atomic mass is 35.5. The summed E-state index contributed by atoms with van der Waals surface area (Å²) in [4.78, 5) is 11.5. The lowest BCUT2D eigenvalue weighted by atomic mass is 9.98. The predicted molar refractivity (Wildman–Crippen MR) is 67.0 cm³/mol. The van der Waals surface area contributed by atoms with Crippen molar-refractivity contribution in [3.8, 4) is 0 Å². The average Bonchev–Trinajstić information content (AvgIpc) is 2.32. The zero-order chi connectivity index (χ0) is 11.4. The third kappa shape index (κ3) is 2.71. The zero-order valence-corrected chi connectivity index (χ0v) is 9.39. The van der Waals surface area contributed by atoms with Gasteiger partial charge in [-0.15, -0.1) is 0 Å². The van der Waals surface area contributed by atoms with Gasteiger partial charge in [0.05, 0.1) is 5.92 Å². The van der Waals surface area contributed by atoms with E-state index in [9.17, 15) is 4.79 Å². The molecule has 2 rings (SSSR count). The summed E-state index contributed by atoms with van der Waals surface area (Å²) in [7, 11) is 0. The molecule has 0 saturated carbocycles. The molecule has 80 valence electrons. The molecular weight excluding hydrogens is 220 g/mol. The van der Waals surface area contributed by atoms with Gasteiger partial charge >= 0.3 is 0 Å². The van der Waals surface area contributed by atoms with Crippen molar-refractivity contribution in [2.45, 2.75) is 0 Å². The van der Waals surface area contributed by atoms with Crippen molar-refractivity contribution in [1.82, 2.24) is 0 Å². The maximum atomic E-state index is 11.5. The van der Waals surface area contributed by atoms with Crippen LogP contribution < -0.4 is 0 Å². The van der Waals surface area contributed by atoms with Crippen LogP contribution in [-0.2, 0) is 4.79 Å². The molecule has 1 aliphatic rings. The van der Waals surface area contributed by atoms with Crippen molar-refractivity contribution < 1.29 is 4.79 Å². The minimum atomic E-state index is -0.238. The van der Waals surface area contributed by atoms with Crippen LogP contribution in [0.15, 0.2) is 59.7 Å². The van der Waals surface area contributed by atoms with Crippen molar-refractivity contribution in [2.24, 2.45) is 5.92 Å². The molecule has 1 aromatic carbocycles. The van der Waals surface area contributed by atoms with Crippen molar-refractivity contribution in [3.63, 3.8) is 0 Å². The molecule has 0 radical (unpaired) electrons. The van der Waals surface area contributed by atoms with Gasteiger partial charge in [0.25, 0.3) is 0 Å². The molecule has 0 fully saturated rings. The van der Waals surface area contributed by atoms with E-state index < -0.39 is 0 Å². The third-order valence-electron chi connectivity index (χ3n) is 2.37. The molecule has 1 unspecified atom stereocenters. The van der Waals surface area contributed by atoms with Gasteiger partial charge in [0.15, 0.2) is 5.78 Å². The van der Waals surface area contributed by atoms with Crippen molar-refractivity contribution >= 4 is 23.5 Å². The average molecular weight is 231 g/mol. The second kappa shape index (κ2) is 4.95. The Bertz CT molecular complexity index is 469. The molecule has 0 saturated heterocycles. The van der Waals surface area contributed by atoms with Crippen molar-refractivity contribution in [2.75, 3.05) is 0 Å². The summed E-state index contributed by atoms with van der Waals surface area (Å²) in [5, 5.41) is 0.613. The second-order valence-corrected chi connectivity index (χ2v) is 4.02. The Kier molecular flexibility index (Phi) is 3.37. The Hall–Kier alpha value is -1.60. The minimum absolute atomic E-state index is 0.0663. The van der Waals surface area contributed by atoms with Crippen LogP contribution in [-0.4, -0.2) is 5.78 Å². The van der Waals surface area contributed by atoms with E-state index in [0.717, 1.165) is 5.56 Å².